The maximum Gasteiger partial charge on any atom is 0.188 e. The molecule has 2 aliphatic rings. The van der Waals surface area contributed by atoms with Crippen LogP contribution in [-0.4, -0.2) is 50.7 Å². The molecule has 2 aliphatic heterocycles. The molecule has 2 atom stereocenters. The van der Waals surface area contributed by atoms with E-state index >= 15 is 0 Å². The fraction of sp³-hybridized carbons (Fsp3) is 0.900. The van der Waals surface area contributed by atoms with Crippen LogP contribution >= 0.6 is 0 Å². The highest BCUT2D eigenvalue weighted by Gasteiger charge is 2.38. The van der Waals surface area contributed by atoms with Crippen molar-refractivity contribution in [3.05, 3.63) is 5.82 Å². The van der Waals surface area contributed by atoms with E-state index in [1.54, 1.807) is 0 Å². The lowest BCUT2D eigenvalue weighted by Crippen LogP contribution is -2.47. The van der Waals surface area contributed by atoms with E-state index < -0.39 is 0 Å². The molecule has 0 spiro atoms. The third-order valence-corrected chi connectivity index (χ3v) is 4.04. The first-order valence-electron chi connectivity index (χ1n) is 6.00. The summed E-state index contributed by atoms with van der Waals surface area (Å²) in [6, 6.07) is 2.18. The first-order valence-corrected chi connectivity index (χ1v) is 6.00. The van der Waals surface area contributed by atoms with Crippen molar-refractivity contribution in [1.82, 2.24) is 30.8 Å². The highest BCUT2D eigenvalue weighted by Crippen LogP contribution is 2.34. The predicted octanol–water partition coefficient (Wildman–Crippen LogP) is -0.0855. The van der Waals surface area contributed by atoms with Gasteiger partial charge in [-0.2, -0.15) is 5.21 Å². The van der Waals surface area contributed by atoms with Crippen LogP contribution in [0, 0.1) is 0 Å². The van der Waals surface area contributed by atoms with Gasteiger partial charge in [0.05, 0.1) is 6.54 Å². The van der Waals surface area contributed by atoms with E-state index in [1.807, 2.05) is 0 Å². The molecule has 2 bridgehead atoms. The second-order valence-electron chi connectivity index (χ2n) is 4.93. The monoisotopic (exact) mass is 222 g/mol. The van der Waals surface area contributed by atoms with E-state index in [-0.39, 0.29) is 0 Å². The summed E-state index contributed by atoms with van der Waals surface area (Å²) in [6.07, 6.45) is 5.23. The van der Waals surface area contributed by atoms with Gasteiger partial charge in [0.15, 0.2) is 5.82 Å². The number of tetrazole rings is 1. The Morgan fingerprint density at radius 1 is 1.38 bits per heavy atom. The lowest BCUT2D eigenvalue weighted by Gasteiger charge is -2.36. The van der Waals surface area contributed by atoms with Gasteiger partial charge in [0.2, 0.25) is 0 Å². The van der Waals surface area contributed by atoms with E-state index in [9.17, 15) is 0 Å². The van der Waals surface area contributed by atoms with Gasteiger partial charge in [-0.15, -0.1) is 10.2 Å². The summed E-state index contributed by atoms with van der Waals surface area (Å²) >= 11 is 0. The number of nitrogens with one attached hydrogen (secondary N) is 2. The number of hydrogen-bond acceptors (Lipinski definition) is 5. The zero-order valence-corrected chi connectivity index (χ0v) is 9.56. The van der Waals surface area contributed by atoms with Crippen molar-refractivity contribution < 1.29 is 0 Å². The van der Waals surface area contributed by atoms with E-state index in [2.05, 4.69) is 37.9 Å². The van der Waals surface area contributed by atoms with Gasteiger partial charge in [0, 0.05) is 18.1 Å². The molecule has 1 aromatic rings. The maximum absolute atomic E-state index is 3.95. The van der Waals surface area contributed by atoms with Crippen molar-refractivity contribution in [3.63, 3.8) is 0 Å². The molecule has 88 valence electrons. The Morgan fingerprint density at radius 2 is 2.12 bits per heavy atom. The third kappa shape index (κ3) is 1.82. The number of aromatic nitrogens is 4. The van der Waals surface area contributed by atoms with Crippen molar-refractivity contribution in [2.75, 3.05) is 7.05 Å². The molecule has 0 amide bonds. The molecule has 2 fully saturated rings. The Morgan fingerprint density at radius 3 is 2.75 bits per heavy atom. The summed E-state index contributed by atoms with van der Waals surface area (Å²) < 4.78 is 0. The average molecular weight is 222 g/mol. The van der Waals surface area contributed by atoms with E-state index in [4.69, 9.17) is 0 Å². The summed E-state index contributed by atoms with van der Waals surface area (Å²) in [7, 11) is 2.26. The Labute approximate surface area is 94.8 Å². The van der Waals surface area contributed by atoms with Crippen molar-refractivity contribution in [2.24, 2.45) is 0 Å². The quantitative estimate of drug-likeness (QED) is 0.748. The molecule has 6 heteroatoms. The number of H-pyrrole nitrogens is 1. The molecule has 0 radical (unpaired) electrons. The van der Waals surface area contributed by atoms with Gasteiger partial charge in [-0.05, 0) is 32.7 Å². The first-order chi connectivity index (χ1) is 7.83. The first kappa shape index (κ1) is 10.2. The fourth-order valence-corrected chi connectivity index (χ4v) is 3.07. The summed E-state index contributed by atoms with van der Waals surface area (Å²) in [4.78, 5) is 2.55. The molecule has 16 heavy (non-hydrogen) atoms. The van der Waals surface area contributed by atoms with E-state index in [0.717, 1.165) is 24.5 Å². The number of hydrogen-bond donors (Lipinski definition) is 2. The van der Waals surface area contributed by atoms with Gasteiger partial charge in [-0.25, -0.2) is 0 Å². The number of fused-ring (bicyclic) bond motifs is 2. The Hall–Kier alpha value is -1.01. The fourth-order valence-electron chi connectivity index (χ4n) is 3.07. The molecule has 2 saturated heterocycles. The molecule has 0 aliphatic carbocycles. The van der Waals surface area contributed by atoms with Crippen LogP contribution < -0.4 is 5.32 Å². The smallest absolute Gasteiger partial charge is 0.188 e. The molecule has 0 saturated carbocycles. The molecule has 2 unspecified atom stereocenters. The molecule has 3 heterocycles. The minimum absolute atomic E-state index is 0.618. The van der Waals surface area contributed by atoms with Gasteiger partial charge in [-0.3, -0.25) is 0 Å². The molecular formula is C10H18N6. The van der Waals surface area contributed by atoms with Crippen LogP contribution in [0.25, 0.3) is 0 Å². The third-order valence-electron chi connectivity index (χ3n) is 4.04. The van der Waals surface area contributed by atoms with Crippen molar-refractivity contribution in [1.29, 1.82) is 0 Å². The van der Waals surface area contributed by atoms with Crippen LogP contribution in [0.4, 0.5) is 0 Å². The van der Waals surface area contributed by atoms with Crippen LogP contribution in [0.2, 0.25) is 0 Å². The van der Waals surface area contributed by atoms with Crippen LogP contribution in [0.1, 0.15) is 31.5 Å². The largest absolute Gasteiger partial charge is 0.307 e. The summed E-state index contributed by atoms with van der Waals surface area (Å²) in [5, 5.41) is 17.5. The zero-order chi connectivity index (χ0) is 11.0. The molecule has 6 nitrogen and oxygen atoms in total. The van der Waals surface area contributed by atoms with Crippen molar-refractivity contribution in [3.8, 4) is 0 Å². The van der Waals surface area contributed by atoms with Crippen LogP contribution in [0.3, 0.4) is 0 Å². The van der Waals surface area contributed by atoms with Crippen LogP contribution in [0.15, 0.2) is 0 Å². The molecule has 3 rings (SSSR count). The van der Waals surface area contributed by atoms with Crippen molar-refractivity contribution in [2.45, 2.75) is 50.4 Å². The summed E-state index contributed by atoms with van der Waals surface area (Å²) in [5.74, 6) is 0.756. The minimum atomic E-state index is 0.618. The number of piperidine rings is 1. The normalized spacial score (nSPS) is 34.4. The summed E-state index contributed by atoms with van der Waals surface area (Å²) in [5.41, 5.74) is 0. The van der Waals surface area contributed by atoms with E-state index in [0.29, 0.717) is 6.04 Å². The number of nitrogens with zero attached hydrogens (tertiary/aromatic N) is 4. The maximum atomic E-state index is 3.95. The molecule has 2 N–H and O–H groups in total. The average Bonchev–Trinajstić information content (AvgIpc) is 2.84. The summed E-state index contributed by atoms with van der Waals surface area (Å²) in [6.45, 7) is 0.727. The Kier molecular flexibility index (Phi) is 2.61. The van der Waals surface area contributed by atoms with E-state index in [1.165, 1.54) is 25.7 Å². The molecular weight excluding hydrogens is 204 g/mol. The van der Waals surface area contributed by atoms with Gasteiger partial charge >= 0.3 is 0 Å². The second-order valence-corrected chi connectivity index (χ2v) is 4.93. The Balaban J connectivity index is 1.54. The van der Waals surface area contributed by atoms with Gasteiger partial charge < -0.3 is 10.2 Å². The SMILES string of the molecule is CN1C2CCC1CC(NCc1nn[nH]n1)C2. The number of rotatable bonds is 3. The van der Waals surface area contributed by atoms with Crippen molar-refractivity contribution >= 4 is 0 Å². The minimum Gasteiger partial charge on any atom is -0.307 e. The van der Waals surface area contributed by atoms with Gasteiger partial charge in [0.1, 0.15) is 0 Å². The highest BCUT2D eigenvalue weighted by molar-refractivity contribution is 4.96. The van der Waals surface area contributed by atoms with Crippen LogP contribution in [0.5, 0.6) is 0 Å². The lowest BCUT2D eigenvalue weighted by molar-refractivity contribution is 0.148. The zero-order valence-electron chi connectivity index (χ0n) is 9.56. The van der Waals surface area contributed by atoms with Crippen LogP contribution in [-0.2, 0) is 6.54 Å². The highest BCUT2D eigenvalue weighted by atomic mass is 15.5. The predicted molar refractivity (Wildman–Crippen MR) is 58.6 cm³/mol. The Bertz CT molecular complexity index is 323. The molecule has 1 aromatic heterocycles. The standard InChI is InChI=1S/C10H18N6/c1-16-8-2-3-9(16)5-7(4-8)11-6-10-12-14-15-13-10/h7-9,11H,2-6H2,1H3,(H,12,13,14,15). The lowest BCUT2D eigenvalue weighted by atomic mass is 9.98. The second kappa shape index (κ2) is 4.10. The van der Waals surface area contributed by atoms with Gasteiger partial charge in [0.25, 0.3) is 0 Å². The topological polar surface area (TPSA) is 69.7 Å². The molecule has 0 aromatic carbocycles. The number of aromatic amines is 1. The van der Waals surface area contributed by atoms with Gasteiger partial charge in [-0.1, -0.05) is 5.21 Å².